The molecule has 0 unspecified atom stereocenters. The van der Waals surface area contributed by atoms with Crippen molar-refractivity contribution in [2.45, 2.75) is 20.5 Å². The van der Waals surface area contributed by atoms with Crippen LogP contribution in [0.5, 0.6) is 11.5 Å². The van der Waals surface area contributed by atoms with Crippen LogP contribution in [0.15, 0.2) is 53.1 Å². The third kappa shape index (κ3) is 5.66. The zero-order valence-electron chi connectivity index (χ0n) is 18.4. The van der Waals surface area contributed by atoms with Gasteiger partial charge in [-0.3, -0.25) is 4.79 Å². The van der Waals surface area contributed by atoms with Gasteiger partial charge in [-0.25, -0.2) is 0 Å². The molecule has 0 saturated carbocycles. The van der Waals surface area contributed by atoms with Crippen molar-refractivity contribution >= 4 is 23.4 Å². The molecular formula is C24H27N3O4. The van der Waals surface area contributed by atoms with Crippen molar-refractivity contribution < 1.29 is 18.8 Å². The Morgan fingerprint density at radius 1 is 1.13 bits per heavy atom. The molecule has 0 bridgehead atoms. The largest absolute Gasteiger partial charge is 0.493 e. The van der Waals surface area contributed by atoms with Gasteiger partial charge in [0.25, 0.3) is 0 Å². The van der Waals surface area contributed by atoms with Crippen LogP contribution in [0.1, 0.15) is 22.6 Å². The average molecular weight is 421 g/mol. The van der Waals surface area contributed by atoms with Gasteiger partial charge in [0.15, 0.2) is 11.5 Å². The number of hydrogen-bond acceptors (Lipinski definition) is 6. The van der Waals surface area contributed by atoms with Crippen LogP contribution >= 0.6 is 0 Å². The Balaban J connectivity index is 1.63. The van der Waals surface area contributed by atoms with E-state index >= 15 is 0 Å². The van der Waals surface area contributed by atoms with E-state index < -0.39 is 0 Å². The molecule has 0 atom stereocenters. The molecule has 1 amide bonds. The molecule has 1 aromatic heterocycles. The van der Waals surface area contributed by atoms with Crippen LogP contribution in [0.25, 0.3) is 6.08 Å². The quantitative estimate of drug-likeness (QED) is 0.536. The van der Waals surface area contributed by atoms with Crippen molar-refractivity contribution in [1.29, 1.82) is 0 Å². The van der Waals surface area contributed by atoms with Crippen LogP contribution in [0.4, 0.5) is 11.4 Å². The Labute approximate surface area is 182 Å². The second kappa shape index (κ2) is 9.84. The molecule has 3 aromatic rings. The molecule has 0 aliphatic carbocycles. The lowest BCUT2D eigenvalue weighted by atomic mass is 10.1. The molecule has 0 saturated heterocycles. The zero-order valence-corrected chi connectivity index (χ0v) is 18.4. The monoisotopic (exact) mass is 421 g/mol. The zero-order chi connectivity index (χ0) is 22.4. The molecule has 0 radical (unpaired) electrons. The normalized spacial score (nSPS) is 10.9. The van der Waals surface area contributed by atoms with Crippen molar-refractivity contribution in [2.24, 2.45) is 0 Å². The van der Waals surface area contributed by atoms with Gasteiger partial charge in [-0.2, -0.15) is 0 Å². The van der Waals surface area contributed by atoms with E-state index in [2.05, 4.69) is 10.5 Å². The second-order valence-corrected chi connectivity index (χ2v) is 7.27. The molecule has 7 nitrogen and oxygen atoms in total. The number of aromatic nitrogens is 1. The predicted molar refractivity (Wildman–Crippen MR) is 122 cm³/mol. The van der Waals surface area contributed by atoms with Gasteiger partial charge in [-0.15, -0.1) is 0 Å². The number of carbonyl (C=O) groups excluding carboxylic acids is 1. The summed E-state index contributed by atoms with van der Waals surface area (Å²) in [5.74, 6) is 1.70. The van der Waals surface area contributed by atoms with E-state index in [0.29, 0.717) is 18.1 Å². The van der Waals surface area contributed by atoms with Gasteiger partial charge >= 0.3 is 0 Å². The number of ether oxygens (including phenoxy) is 2. The second-order valence-electron chi connectivity index (χ2n) is 7.27. The minimum absolute atomic E-state index is 0.213. The third-order valence-electron chi connectivity index (χ3n) is 4.82. The van der Waals surface area contributed by atoms with E-state index in [1.807, 2.05) is 75.3 Å². The molecule has 7 heteroatoms. The fourth-order valence-electron chi connectivity index (χ4n) is 2.96. The number of hydrogen-bond donors (Lipinski definition) is 1. The summed E-state index contributed by atoms with van der Waals surface area (Å²) in [6, 6.07) is 13.1. The summed E-state index contributed by atoms with van der Waals surface area (Å²) in [5.41, 5.74) is 4.34. The van der Waals surface area contributed by atoms with Gasteiger partial charge in [0.05, 0.1) is 18.4 Å². The highest BCUT2D eigenvalue weighted by Gasteiger charge is 2.12. The maximum absolute atomic E-state index is 12.2. The molecule has 162 valence electrons. The van der Waals surface area contributed by atoms with Gasteiger partial charge < -0.3 is 24.2 Å². The SMILES string of the molecule is COc1cc(/C=C/C(=O)Nc2ccc(N(C)C)cc2)ccc1OCc1c(C)noc1C. The molecule has 0 aliphatic rings. The molecule has 3 rings (SSSR count). The van der Waals surface area contributed by atoms with E-state index in [4.69, 9.17) is 14.0 Å². The number of rotatable bonds is 8. The number of benzene rings is 2. The predicted octanol–water partition coefficient (Wildman–Crippen LogP) is 4.60. The Bertz CT molecular complexity index is 1050. The summed E-state index contributed by atoms with van der Waals surface area (Å²) < 4.78 is 16.5. The van der Waals surface area contributed by atoms with E-state index in [0.717, 1.165) is 34.0 Å². The van der Waals surface area contributed by atoms with Gasteiger partial charge in [0.1, 0.15) is 12.4 Å². The van der Waals surface area contributed by atoms with Crippen molar-refractivity contribution in [2.75, 3.05) is 31.4 Å². The summed E-state index contributed by atoms with van der Waals surface area (Å²) in [4.78, 5) is 14.2. The Morgan fingerprint density at radius 2 is 1.87 bits per heavy atom. The summed E-state index contributed by atoms with van der Waals surface area (Å²) in [7, 11) is 5.52. The molecule has 1 N–H and O–H groups in total. The third-order valence-corrected chi connectivity index (χ3v) is 4.82. The number of amides is 1. The standard InChI is InChI=1S/C24H27N3O4/c1-16-21(17(2)31-26-16)15-30-22-12-6-18(14-23(22)29-5)7-13-24(28)25-19-8-10-20(11-9-19)27(3)4/h6-14H,15H2,1-5H3,(H,25,28)/b13-7+. The van der Waals surface area contributed by atoms with E-state index in [1.165, 1.54) is 6.08 Å². The molecule has 31 heavy (non-hydrogen) atoms. The number of carbonyl (C=O) groups is 1. The van der Waals surface area contributed by atoms with Crippen molar-refractivity contribution in [1.82, 2.24) is 5.16 Å². The Kier molecular flexibility index (Phi) is 6.97. The summed E-state index contributed by atoms with van der Waals surface area (Å²) in [6.45, 7) is 4.06. The van der Waals surface area contributed by atoms with Gasteiger partial charge in [0, 0.05) is 31.5 Å². The maximum atomic E-state index is 12.2. The first-order valence-corrected chi connectivity index (χ1v) is 9.86. The lowest BCUT2D eigenvalue weighted by molar-refractivity contribution is -0.111. The lowest BCUT2D eigenvalue weighted by Gasteiger charge is -2.12. The van der Waals surface area contributed by atoms with Crippen LogP contribution < -0.4 is 19.7 Å². The highest BCUT2D eigenvalue weighted by molar-refractivity contribution is 6.02. The molecule has 0 fully saturated rings. The van der Waals surface area contributed by atoms with E-state index in [9.17, 15) is 4.79 Å². The maximum Gasteiger partial charge on any atom is 0.248 e. The van der Waals surface area contributed by atoms with E-state index in [1.54, 1.807) is 13.2 Å². The number of nitrogens with one attached hydrogen (secondary N) is 1. The van der Waals surface area contributed by atoms with Crippen molar-refractivity contribution in [3.8, 4) is 11.5 Å². The molecule has 1 heterocycles. The van der Waals surface area contributed by atoms with Crippen LogP contribution in [-0.4, -0.2) is 32.3 Å². The first kappa shape index (κ1) is 22.0. The minimum atomic E-state index is -0.213. The highest BCUT2D eigenvalue weighted by Crippen LogP contribution is 2.30. The summed E-state index contributed by atoms with van der Waals surface area (Å²) >= 11 is 0. The molecule has 0 spiro atoms. The first-order chi connectivity index (χ1) is 14.9. The van der Waals surface area contributed by atoms with Crippen LogP contribution in [-0.2, 0) is 11.4 Å². The molecule has 2 aromatic carbocycles. The smallest absolute Gasteiger partial charge is 0.248 e. The van der Waals surface area contributed by atoms with Crippen molar-refractivity contribution in [3.05, 3.63) is 71.1 Å². The molecular weight excluding hydrogens is 394 g/mol. The van der Waals surface area contributed by atoms with E-state index in [-0.39, 0.29) is 5.91 Å². The van der Waals surface area contributed by atoms with Gasteiger partial charge in [-0.1, -0.05) is 11.2 Å². The van der Waals surface area contributed by atoms with Crippen molar-refractivity contribution in [3.63, 3.8) is 0 Å². The number of aryl methyl sites for hydroxylation is 2. The lowest BCUT2D eigenvalue weighted by Crippen LogP contribution is -2.10. The summed E-state index contributed by atoms with van der Waals surface area (Å²) in [5, 5.41) is 6.78. The summed E-state index contributed by atoms with van der Waals surface area (Å²) in [6.07, 6.45) is 3.21. The fraction of sp³-hybridized carbons (Fsp3) is 0.250. The fourth-order valence-corrected chi connectivity index (χ4v) is 2.96. The average Bonchev–Trinajstić information content (AvgIpc) is 3.08. The van der Waals surface area contributed by atoms with Crippen LogP contribution in [0, 0.1) is 13.8 Å². The number of nitrogens with zero attached hydrogens (tertiary/aromatic N) is 2. The number of anilines is 2. The van der Waals surface area contributed by atoms with Gasteiger partial charge in [0.2, 0.25) is 5.91 Å². The topological polar surface area (TPSA) is 76.8 Å². The Hall–Kier alpha value is -3.74. The number of methoxy groups -OCH3 is 1. The Morgan fingerprint density at radius 3 is 2.48 bits per heavy atom. The molecule has 0 aliphatic heterocycles. The van der Waals surface area contributed by atoms with Crippen LogP contribution in [0.2, 0.25) is 0 Å². The van der Waals surface area contributed by atoms with Gasteiger partial charge in [-0.05, 0) is 61.9 Å². The van der Waals surface area contributed by atoms with Crippen LogP contribution in [0.3, 0.4) is 0 Å². The first-order valence-electron chi connectivity index (χ1n) is 9.86. The minimum Gasteiger partial charge on any atom is -0.493 e. The highest BCUT2D eigenvalue weighted by atomic mass is 16.5.